The molecule has 2 aromatic heterocycles. The maximum atomic E-state index is 12.4. The molecule has 2 heterocycles. The first kappa shape index (κ1) is 16.2. The highest BCUT2D eigenvalue weighted by molar-refractivity contribution is 7.15. The van der Waals surface area contributed by atoms with E-state index in [9.17, 15) is 9.59 Å². The van der Waals surface area contributed by atoms with Gasteiger partial charge in [0.15, 0.2) is 4.96 Å². The summed E-state index contributed by atoms with van der Waals surface area (Å²) in [6, 6.07) is 6.68. The van der Waals surface area contributed by atoms with E-state index in [0.29, 0.717) is 17.7 Å². The molecule has 0 aliphatic rings. The molecule has 24 heavy (non-hydrogen) atoms. The van der Waals surface area contributed by atoms with Crippen molar-refractivity contribution in [3.8, 4) is 0 Å². The number of carbonyl (C=O) groups excluding carboxylic acids is 2. The lowest BCUT2D eigenvalue weighted by Crippen LogP contribution is -2.27. The quantitative estimate of drug-likeness (QED) is 0.747. The Labute approximate surface area is 143 Å². The molecular weight excluding hydrogens is 324 g/mol. The van der Waals surface area contributed by atoms with Crippen LogP contribution in [0.5, 0.6) is 0 Å². The van der Waals surface area contributed by atoms with Crippen molar-refractivity contribution < 1.29 is 9.59 Å². The first-order valence-corrected chi connectivity index (χ1v) is 8.57. The Hall–Kier alpha value is -2.67. The summed E-state index contributed by atoms with van der Waals surface area (Å²) >= 11 is 1.55. The smallest absolute Gasteiger partial charge is 0.251 e. The van der Waals surface area contributed by atoms with E-state index in [-0.39, 0.29) is 17.9 Å². The third kappa shape index (κ3) is 3.46. The fraction of sp³-hybridized carbons (Fsp3) is 0.235. The van der Waals surface area contributed by atoms with Crippen molar-refractivity contribution in [2.75, 3.05) is 5.32 Å². The number of fused-ring (bicyclic) bond motifs is 1. The van der Waals surface area contributed by atoms with Gasteiger partial charge in [0.05, 0.1) is 11.7 Å². The van der Waals surface area contributed by atoms with Gasteiger partial charge in [-0.25, -0.2) is 4.98 Å². The van der Waals surface area contributed by atoms with E-state index in [4.69, 9.17) is 0 Å². The number of rotatable bonds is 5. The second-order valence-corrected chi connectivity index (χ2v) is 6.31. The van der Waals surface area contributed by atoms with Crippen molar-refractivity contribution >= 4 is 33.8 Å². The Balaban J connectivity index is 1.70. The largest absolute Gasteiger partial charge is 0.344 e. The van der Waals surface area contributed by atoms with Gasteiger partial charge in [0, 0.05) is 35.4 Å². The van der Waals surface area contributed by atoms with Crippen molar-refractivity contribution in [2.24, 2.45) is 0 Å². The minimum Gasteiger partial charge on any atom is -0.344 e. The van der Waals surface area contributed by atoms with E-state index in [2.05, 4.69) is 15.6 Å². The molecule has 0 fully saturated rings. The highest BCUT2D eigenvalue weighted by atomic mass is 32.1. The van der Waals surface area contributed by atoms with Gasteiger partial charge in [-0.05, 0) is 25.1 Å². The predicted octanol–water partition coefficient (Wildman–Crippen LogP) is 3.24. The van der Waals surface area contributed by atoms with E-state index in [1.807, 2.05) is 29.1 Å². The lowest BCUT2D eigenvalue weighted by molar-refractivity contribution is -0.115. The summed E-state index contributed by atoms with van der Waals surface area (Å²) in [7, 11) is 0. The average molecular weight is 342 g/mol. The fourth-order valence-corrected chi connectivity index (χ4v) is 3.00. The number of carbonyl (C=O) groups is 2. The molecule has 0 spiro atoms. The van der Waals surface area contributed by atoms with E-state index in [1.165, 1.54) is 0 Å². The monoisotopic (exact) mass is 342 g/mol. The van der Waals surface area contributed by atoms with Gasteiger partial charge in [0.1, 0.15) is 0 Å². The standard InChI is InChI=1S/C17H18N4O2S/c1-3-15(22)19-13-6-4-5-12(9-13)16(23)18-11(2)14-10-21-7-8-24-17(21)20-14/h4-11H,3H2,1-2H3,(H,18,23)(H,19,22). The second-order valence-electron chi connectivity index (χ2n) is 5.44. The van der Waals surface area contributed by atoms with E-state index in [0.717, 1.165) is 10.7 Å². The lowest BCUT2D eigenvalue weighted by atomic mass is 10.1. The van der Waals surface area contributed by atoms with Crippen LogP contribution in [0.15, 0.2) is 42.0 Å². The Kier molecular flexibility index (Phi) is 4.61. The summed E-state index contributed by atoms with van der Waals surface area (Å²) in [6.45, 7) is 3.68. The zero-order chi connectivity index (χ0) is 17.1. The van der Waals surface area contributed by atoms with Gasteiger partial charge in [-0.2, -0.15) is 0 Å². The highest BCUT2D eigenvalue weighted by Crippen LogP contribution is 2.18. The van der Waals surface area contributed by atoms with Crippen molar-refractivity contribution in [3.63, 3.8) is 0 Å². The fourth-order valence-electron chi connectivity index (χ4n) is 2.30. The molecule has 0 bridgehead atoms. The zero-order valence-electron chi connectivity index (χ0n) is 13.4. The number of amides is 2. The minimum atomic E-state index is -0.210. The number of hydrogen-bond acceptors (Lipinski definition) is 4. The van der Waals surface area contributed by atoms with Crippen LogP contribution in [0.25, 0.3) is 4.96 Å². The number of nitrogens with one attached hydrogen (secondary N) is 2. The van der Waals surface area contributed by atoms with Gasteiger partial charge in [0.25, 0.3) is 5.91 Å². The summed E-state index contributed by atoms with van der Waals surface area (Å²) in [4.78, 5) is 29.3. The molecule has 1 unspecified atom stereocenters. The lowest BCUT2D eigenvalue weighted by Gasteiger charge is -2.12. The molecule has 0 aliphatic heterocycles. The van der Waals surface area contributed by atoms with Gasteiger partial charge < -0.3 is 10.6 Å². The normalized spacial score (nSPS) is 12.1. The molecule has 7 heteroatoms. The Morgan fingerprint density at radius 3 is 2.96 bits per heavy atom. The van der Waals surface area contributed by atoms with Crippen molar-refractivity contribution in [1.82, 2.24) is 14.7 Å². The number of hydrogen-bond donors (Lipinski definition) is 2. The SMILES string of the molecule is CCC(=O)Nc1cccc(C(=O)NC(C)c2cn3ccsc3n2)c1. The zero-order valence-corrected chi connectivity index (χ0v) is 14.3. The van der Waals surface area contributed by atoms with Crippen LogP contribution in [0.4, 0.5) is 5.69 Å². The third-order valence-electron chi connectivity index (χ3n) is 3.63. The molecule has 2 N–H and O–H groups in total. The van der Waals surface area contributed by atoms with E-state index >= 15 is 0 Å². The topological polar surface area (TPSA) is 75.5 Å². The van der Waals surface area contributed by atoms with Crippen LogP contribution in [0.1, 0.15) is 42.4 Å². The number of anilines is 1. The molecule has 0 radical (unpaired) electrons. The maximum absolute atomic E-state index is 12.4. The average Bonchev–Trinajstić information content (AvgIpc) is 3.16. The van der Waals surface area contributed by atoms with Crippen LogP contribution in [0.2, 0.25) is 0 Å². The summed E-state index contributed by atoms with van der Waals surface area (Å²) in [6.07, 6.45) is 4.24. The van der Waals surface area contributed by atoms with Gasteiger partial charge in [-0.1, -0.05) is 13.0 Å². The minimum absolute atomic E-state index is 0.0843. The van der Waals surface area contributed by atoms with Crippen LogP contribution in [0, 0.1) is 0 Å². The molecule has 0 saturated carbocycles. The van der Waals surface area contributed by atoms with E-state index < -0.39 is 0 Å². The highest BCUT2D eigenvalue weighted by Gasteiger charge is 2.15. The molecule has 0 aliphatic carbocycles. The van der Waals surface area contributed by atoms with Crippen LogP contribution in [0.3, 0.4) is 0 Å². The van der Waals surface area contributed by atoms with Gasteiger partial charge in [-0.3, -0.25) is 14.0 Å². The van der Waals surface area contributed by atoms with Crippen LogP contribution < -0.4 is 10.6 Å². The molecule has 6 nitrogen and oxygen atoms in total. The first-order chi connectivity index (χ1) is 11.6. The maximum Gasteiger partial charge on any atom is 0.251 e. The van der Waals surface area contributed by atoms with Crippen molar-refractivity contribution in [3.05, 3.63) is 53.3 Å². The van der Waals surface area contributed by atoms with E-state index in [1.54, 1.807) is 42.5 Å². The Morgan fingerprint density at radius 1 is 1.38 bits per heavy atom. The predicted molar refractivity (Wildman–Crippen MR) is 94.3 cm³/mol. The third-order valence-corrected chi connectivity index (χ3v) is 4.40. The Morgan fingerprint density at radius 2 is 2.21 bits per heavy atom. The Bertz CT molecular complexity index is 855. The summed E-state index contributed by atoms with van der Waals surface area (Å²) in [5.41, 5.74) is 1.92. The van der Waals surface area contributed by atoms with Crippen LogP contribution in [-0.4, -0.2) is 21.2 Å². The number of aromatic nitrogens is 2. The first-order valence-electron chi connectivity index (χ1n) is 7.69. The molecule has 0 saturated heterocycles. The number of imidazole rings is 1. The molecule has 3 aromatic rings. The molecule has 124 valence electrons. The molecule has 1 aromatic carbocycles. The number of nitrogens with zero attached hydrogens (tertiary/aromatic N) is 2. The summed E-state index contributed by atoms with van der Waals surface area (Å²) < 4.78 is 1.93. The van der Waals surface area contributed by atoms with Gasteiger partial charge >= 0.3 is 0 Å². The molecule has 3 rings (SSSR count). The van der Waals surface area contributed by atoms with Crippen LogP contribution >= 0.6 is 11.3 Å². The van der Waals surface area contributed by atoms with Crippen molar-refractivity contribution in [2.45, 2.75) is 26.3 Å². The second kappa shape index (κ2) is 6.84. The summed E-state index contributed by atoms with van der Waals surface area (Å²) in [5.74, 6) is -0.287. The number of thiazole rings is 1. The molecule has 2 amide bonds. The van der Waals surface area contributed by atoms with Crippen LogP contribution in [-0.2, 0) is 4.79 Å². The van der Waals surface area contributed by atoms with Gasteiger partial charge in [-0.15, -0.1) is 11.3 Å². The summed E-state index contributed by atoms with van der Waals surface area (Å²) in [5, 5.41) is 7.65. The molecule has 1 atom stereocenters. The molecular formula is C17H18N4O2S. The number of benzene rings is 1. The van der Waals surface area contributed by atoms with Gasteiger partial charge in [0.2, 0.25) is 5.91 Å². The van der Waals surface area contributed by atoms with Crippen molar-refractivity contribution in [1.29, 1.82) is 0 Å².